The van der Waals surface area contributed by atoms with Crippen LogP contribution in [0.4, 0.5) is 10.5 Å². The van der Waals surface area contributed by atoms with E-state index in [1.54, 1.807) is 20.8 Å². The van der Waals surface area contributed by atoms with Crippen LogP contribution in [0.2, 0.25) is 0 Å². The SMILES string of the molecule is COc1ccc(NC(=O)OC(C)(C)C)c(Br)c1C(=O)O. The maximum absolute atomic E-state index is 11.7. The summed E-state index contributed by atoms with van der Waals surface area (Å²) in [6, 6.07) is 2.99. The highest BCUT2D eigenvalue weighted by atomic mass is 79.9. The molecule has 110 valence electrons. The van der Waals surface area contributed by atoms with Crippen LogP contribution in [0, 0.1) is 0 Å². The quantitative estimate of drug-likeness (QED) is 0.875. The minimum Gasteiger partial charge on any atom is -0.496 e. The molecule has 1 amide bonds. The molecular weight excluding hydrogens is 330 g/mol. The first-order chi connectivity index (χ1) is 9.15. The van der Waals surface area contributed by atoms with E-state index < -0.39 is 17.7 Å². The fraction of sp³-hybridized carbons (Fsp3) is 0.385. The Balaban J connectivity index is 3.06. The first-order valence-electron chi connectivity index (χ1n) is 5.75. The Bertz CT molecular complexity index is 536. The number of benzene rings is 1. The van der Waals surface area contributed by atoms with Crippen LogP contribution in [0.3, 0.4) is 0 Å². The van der Waals surface area contributed by atoms with Gasteiger partial charge in [0, 0.05) is 0 Å². The third-order valence-corrected chi connectivity index (χ3v) is 3.00. The van der Waals surface area contributed by atoms with Gasteiger partial charge in [-0.15, -0.1) is 0 Å². The Kier molecular flexibility index (Phi) is 4.99. The summed E-state index contributed by atoms with van der Waals surface area (Å²) in [4.78, 5) is 22.9. The lowest BCUT2D eigenvalue weighted by Gasteiger charge is -2.20. The van der Waals surface area contributed by atoms with Crippen molar-refractivity contribution in [3.05, 3.63) is 22.2 Å². The van der Waals surface area contributed by atoms with Crippen LogP contribution >= 0.6 is 15.9 Å². The van der Waals surface area contributed by atoms with Gasteiger partial charge in [-0.1, -0.05) is 0 Å². The summed E-state index contributed by atoms with van der Waals surface area (Å²) in [5.41, 5.74) is -0.419. The molecule has 2 N–H and O–H groups in total. The minimum absolute atomic E-state index is 0.0685. The number of hydrogen-bond acceptors (Lipinski definition) is 4. The van der Waals surface area contributed by atoms with Crippen molar-refractivity contribution >= 4 is 33.7 Å². The maximum atomic E-state index is 11.7. The van der Waals surface area contributed by atoms with Crippen LogP contribution in [0.15, 0.2) is 16.6 Å². The fourth-order valence-electron chi connectivity index (χ4n) is 1.44. The van der Waals surface area contributed by atoms with E-state index in [1.807, 2.05) is 0 Å². The van der Waals surface area contributed by atoms with Crippen molar-refractivity contribution < 1.29 is 24.2 Å². The van der Waals surface area contributed by atoms with Gasteiger partial charge < -0.3 is 14.6 Å². The Hall–Kier alpha value is -1.76. The summed E-state index contributed by atoms with van der Waals surface area (Å²) >= 11 is 3.15. The molecule has 0 saturated heterocycles. The molecule has 0 saturated carbocycles. The molecule has 0 fully saturated rings. The zero-order chi connectivity index (χ0) is 15.5. The summed E-state index contributed by atoms with van der Waals surface area (Å²) in [6.45, 7) is 5.20. The number of carboxylic acids is 1. The molecule has 1 aromatic rings. The van der Waals surface area contributed by atoms with E-state index in [4.69, 9.17) is 14.6 Å². The standard InChI is InChI=1S/C13H16BrNO5/c1-13(2,3)20-12(18)15-7-5-6-8(19-4)9(10(7)14)11(16)17/h5-6H,1-4H3,(H,15,18)(H,16,17). The highest BCUT2D eigenvalue weighted by Gasteiger charge is 2.21. The maximum Gasteiger partial charge on any atom is 0.412 e. The van der Waals surface area contributed by atoms with Crippen molar-refractivity contribution in [2.75, 3.05) is 12.4 Å². The number of carbonyl (C=O) groups excluding carboxylic acids is 1. The Morgan fingerprint density at radius 1 is 1.30 bits per heavy atom. The number of aromatic carboxylic acids is 1. The van der Waals surface area contributed by atoms with E-state index in [0.717, 1.165) is 0 Å². The molecule has 0 unspecified atom stereocenters. The first-order valence-corrected chi connectivity index (χ1v) is 6.55. The third-order valence-electron chi connectivity index (χ3n) is 2.17. The number of hydrogen-bond donors (Lipinski definition) is 2. The van der Waals surface area contributed by atoms with Crippen LogP contribution in [0.25, 0.3) is 0 Å². The van der Waals surface area contributed by atoms with Gasteiger partial charge >= 0.3 is 12.1 Å². The lowest BCUT2D eigenvalue weighted by Crippen LogP contribution is -2.27. The number of nitrogens with one attached hydrogen (secondary N) is 1. The molecule has 0 aliphatic heterocycles. The van der Waals surface area contributed by atoms with Crippen molar-refractivity contribution in [1.82, 2.24) is 0 Å². The molecule has 0 bridgehead atoms. The molecule has 1 rings (SSSR count). The van der Waals surface area contributed by atoms with Crippen molar-refractivity contribution in [1.29, 1.82) is 0 Å². The molecule has 1 aromatic carbocycles. The molecule has 0 atom stereocenters. The molecule has 0 aliphatic rings. The molecule has 0 spiro atoms. The second-order valence-corrected chi connectivity index (χ2v) is 5.73. The molecule has 0 aliphatic carbocycles. The smallest absolute Gasteiger partial charge is 0.412 e. The predicted octanol–water partition coefficient (Wildman–Crippen LogP) is 3.50. The van der Waals surface area contributed by atoms with Crippen LogP contribution in [-0.2, 0) is 4.74 Å². The Labute approximate surface area is 125 Å². The lowest BCUT2D eigenvalue weighted by atomic mass is 10.1. The highest BCUT2D eigenvalue weighted by Crippen LogP contribution is 2.33. The number of rotatable bonds is 3. The second kappa shape index (κ2) is 6.13. The topological polar surface area (TPSA) is 84.9 Å². The van der Waals surface area contributed by atoms with Crippen molar-refractivity contribution in [2.24, 2.45) is 0 Å². The number of amides is 1. The van der Waals surface area contributed by atoms with Crippen LogP contribution in [-0.4, -0.2) is 29.9 Å². The Morgan fingerprint density at radius 3 is 2.35 bits per heavy atom. The number of anilines is 1. The molecule has 0 heterocycles. The van der Waals surface area contributed by atoms with Crippen molar-refractivity contribution in [3.63, 3.8) is 0 Å². The Morgan fingerprint density at radius 2 is 1.90 bits per heavy atom. The van der Waals surface area contributed by atoms with E-state index in [-0.39, 0.29) is 21.5 Å². The highest BCUT2D eigenvalue weighted by molar-refractivity contribution is 9.10. The van der Waals surface area contributed by atoms with E-state index in [1.165, 1.54) is 19.2 Å². The number of methoxy groups -OCH3 is 1. The molecule has 0 radical (unpaired) electrons. The third kappa shape index (κ3) is 4.12. The van der Waals surface area contributed by atoms with Gasteiger partial charge in [0.2, 0.25) is 0 Å². The number of ether oxygens (including phenoxy) is 2. The largest absolute Gasteiger partial charge is 0.496 e. The first kappa shape index (κ1) is 16.3. The van der Waals surface area contributed by atoms with Gasteiger partial charge in [-0.2, -0.15) is 0 Å². The number of carbonyl (C=O) groups is 2. The average molecular weight is 346 g/mol. The molecule has 7 heteroatoms. The summed E-state index contributed by atoms with van der Waals surface area (Å²) < 4.78 is 10.3. The van der Waals surface area contributed by atoms with Gasteiger partial charge in [0.1, 0.15) is 16.9 Å². The van der Waals surface area contributed by atoms with Gasteiger partial charge in [0.05, 0.1) is 17.3 Å². The van der Waals surface area contributed by atoms with E-state index in [0.29, 0.717) is 0 Å². The summed E-state index contributed by atoms with van der Waals surface area (Å²) in [5, 5.41) is 11.7. The number of carboxylic acid groups (broad SMARTS) is 1. The normalized spacial score (nSPS) is 10.8. The molecule has 6 nitrogen and oxygen atoms in total. The average Bonchev–Trinajstić information content (AvgIpc) is 2.28. The predicted molar refractivity (Wildman–Crippen MR) is 77.5 cm³/mol. The lowest BCUT2D eigenvalue weighted by molar-refractivity contribution is 0.0632. The monoisotopic (exact) mass is 345 g/mol. The van der Waals surface area contributed by atoms with Gasteiger partial charge in [0.25, 0.3) is 0 Å². The summed E-state index contributed by atoms with van der Waals surface area (Å²) in [6.07, 6.45) is -0.667. The van der Waals surface area contributed by atoms with Gasteiger partial charge in [-0.3, -0.25) is 5.32 Å². The fourth-order valence-corrected chi connectivity index (χ4v) is 2.03. The summed E-state index contributed by atoms with van der Waals surface area (Å²) in [7, 11) is 1.37. The molecule has 0 aromatic heterocycles. The van der Waals surface area contributed by atoms with E-state index >= 15 is 0 Å². The minimum atomic E-state index is -1.17. The number of halogens is 1. The van der Waals surface area contributed by atoms with Gasteiger partial charge in [0.15, 0.2) is 0 Å². The zero-order valence-corrected chi connectivity index (χ0v) is 13.2. The van der Waals surface area contributed by atoms with Crippen LogP contribution < -0.4 is 10.1 Å². The van der Waals surface area contributed by atoms with Gasteiger partial charge in [-0.25, -0.2) is 9.59 Å². The van der Waals surface area contributed by atoms with Crippen molar-refractivity contribution in [2.45, 2.75) is 26.4 Å². The second-order valence-electron chi connectivity index (χ2n) is 4.94. The summed E-state index contributed by atoms with van der Waals surface area (Å²) in [5.74, 6) is -0.972. The van der Waals surface area contributed by atoms with E-state index in [2.05, 4.69) is 21.2 Å². The molecule has 20 heavy (non-hydrogen) atoms. The zero-order valence-electron chi connectivity index (χ0n) is 11.6. The molecular formula is C13H16BrNO5. The van der Waals surface area contributed by atoms with Gasteiger partial charge in [-0.05, 0) is 48.8 Å². The van der Waals surface area contributed by atoms with Crippen LogP contribution in [0.1, 0.15) is 31.1 Å². The van der Waals surface area contributed by atoms with Crippen LogP contribution in [0.5, 0.6) is 5.75 Å². The van der Waals surface area contributed by atoms with E-state index in [9.17, 15) is 9.59 Å². The van der Waals surface area contributed by atoms with Crippen molar-refractivity contribution in [3.8, 4) is 5.75 Å².